The van der Waals surface area contributed by atoms with Crippen molar-refractivity contribution >= 4 is 15.9 Å². The molecule has 0 radical (unpaired) electrons. The Morgan fingerprint density at radius 2 is 2.20 bits per heavy atom. The van der Waals surface area contributed by atoms with E-state index < -0.39 is 11.6 Å². The zero-order valence-electron chi connectivity index (χ0n) is 7.93. The molecule has 3 N–H and O–H groups in total. The molecule has 3 nitrogen and oxygen atoms in total. The molecule has 82 valence electrons. The number of halogens is 2. The van der Waals surface area contributed by atoms with Gasteiger partial charge >= 0.3 is 0 Å². The smallest absolute Gasteiger partial charge is 0.163 e. The molecule has 2 rings (SSSR count). The zero-order chi connectivity index (χ0) is 11.0. The fraction of sp³-hybridized carbons (Fsp3) is 0.400. The highest BCUT2D eigenvalue weighted by molar-refractivity contribution is 9.10. The van der Waals surface area contributed by atoms with Crippen molar-refractivity contribution < 1.29 is 14.6 Å². The second kappa shape index (κ2) is 3.98. The van der Waals surface area contributed by atoms with Gasteiger partial charge in [-0.15, -0.1) is 0 Å². The molecular formula is C10H11BrFNO2. The minimum atomic E-state index is -0.561. The number of hydrogen-bond donors (Lipinski definition) is 3. The molecule has 1 aromatic carbocycles. The predicted octanol–water partition coefficient (Wildman–Crippen LogP) is 2.42. The zero-order valence-corrected chi connectivity index (χ0v) is 9.51. The lowest BCUT2D eigenvalue weighted by Gasteiger charge is -2.15. The quantitative estimate of drug-likeness (QED) is 0.690. The van der Waals surface area contributed by atoms with Crippen molar-refractivity contribution in [1.29, 1.82) is 0 Å². The summed E-state index contributed by atoms with van der Waals surface area (Å²) < 4.78 is 13.5. The molecule has 5 heteroatoms. The van der Waals surface area contributed by atoms with Gasteiger partial charge in [0, 0.05) is 17.7 Å². The fourth-order valence-electron chi connectivity index (χ4n) is 1.87. The van der Waals surface area contributed by atoms with E-state index in [2.05, 4.69) is 21.2 Å². The van der Waals surface area contributed by atoms with Gasteiger partial charge in [-0.25, -0.2) is 4.39 Å². The largest absolute Gasteiger partial charge is 0.504 e. The third-order valence-electron chi connectivity index (χ3n) is 2.62. The minimum Gasteiger partial charge on any atom is -0.504 e. The van der Waals surface area contributed by atoms with Gasteiger partial charge in [-0.05, 0) is 35.3 Å². The number of hydrogen-bond acceptors (Lipinski definition) is 3. The van der Waals surface area contributed by atoms with Gasteiger partial charge in [0.05, 0.1) is 4.47 Å². The molecule has 0 bridgehead atoms. The van der Waals surface area contributed by atoms with Crippen LogP contribution in [0.15, 0.2) is 10.5 Å². The minimum absolute atomic E-state index is 0.0963. The lowest BCUT2D eigenvalue weighted by Crippen LogP contribution is -2.14. The molecule has 1 aliphatic rings. The lowest BCUT2D eigenvalue weighted by atomic mass is 10.0. The van der Waals surface area contributed by atoms with E-state index in [0.29, 0.717) is 5.56 Å². The lowest BCUT2D eigenvalue weighted by molar-refractivity contribution is 0.388. The summed E-state index contributed by atoms with van der Waals surface area (Å²) >= 11 is 3.09. The second-order valence-electron chi connectivity index (χ2n) is 3.60. The third kappa shape index (κ3) is 1.81. The van der Waals surface area contributed by atoms with Gasteiger partial charge in [0.25, 0.3) is 0 Å². The number of benzene rings is 1. The van der Waals surface area contributed by atoms with Crippen molar-refractivity contribution in [3.05, 3.63) is 21.9 Å². The summed E-state index contributed by atoms with van der Waals surface area (Å²) in [6.45, 7) is 0.841. The number of aromatic hydroxyl groups is 2. The van der Waals surface area contributed by atoms with Crippen LogP contribution in [0.1, 0.15) is 24.4 Å². The molecule has 1 heterocycles. The second-order valence-corrected chi connectivity index (χ2v) is 4.40. The average molecular weight is 276 g/mol. The van der Waals surface area contributed by atoms with Crippen molar-refractivity contribution in [2.45, 2.75) is 18.9 Å². The van der Waals surface area contributed by atoms with Crippen LogP contribution in [0.2, 0.25) is 0 Å². The number of nitrogens with one attached hydrogen (secondary N) is 1. The standard InChI is InChI=1S/C10H11BrFNO2/c11-9-5(12)4-7(14)10(15)8(9)6-2-1-3-13-6/h4,6,13-15H,1-3H2. The van der Waals surface area contributed by atoms with E-state index in [-0.39, 0.29) is 16.3 Å². The first kappa shape index (κ1) is 10.7. The fourth-order valence-corrected chi connectivity index (χ4v) is 2.45. The number of phenols is 2. The van der Waals surface area contributed by atoms with Crippen molar-refractivity contribution in [2.75, 3.05) is 6.54 Å². The first-order valence-corrected chi connectivity index (χ1v) is 5.53. The topological polar surface area (TPSA) is 52.5 Å². The highest BCUT2D eigenvalue weighted by Crippen LogP contribution is 2.42. The van der Waals surface area contributed by atoms with Gasteiger partial charge in [-0.3, -0.25) is 0 Å². The van der Waals surface area contributed by atoms with Crippen molar-refractivity contribution in [3.63, 3.8) is 0 Å². The summed E-state index contributed by atoms with van der Waals surface area (Å²) in [5.41, 5.74) is 0.407. The molecule has 0 aliphatic carbocycles. The summed E-state index contributed by atoms with van der Waals surface area (Å²) in [7, 11) is 0. The Balaban J connectivity index is 2.52. The van der Waals surface area contributed by atoms with Crippen LogP contribution in [0.25, 0.3) is 0 Å². The Morgan fingerprint density at radius 3 is 2.80 bits per heavy atom. The molecule has 1 atom stereocenters. The van der Waals surface area contributed by atoms with Crippen LogP contribution in [0.3, 0.4) is 0 Å². The van der Waals surface area contributed by atoms with Crippen molar-refractivity contribution in [1.82, 2.24) is 5.32 Å². The summed E-state index contributed by atoms with van der Waals surface area (Å²) in [5.74, 6) is -1.23. The Hall–Kier alpha value is -0.810. The van der Waals surface area contributed by atoms with Gasteiger partial charge in [0.2, 0.25) is 0 Å². The van der Waals surface area contributed by atoms with E-state index >= 15 is 0 Å². The van der Waals surface area contributed by atoms with E-state index in [1.165, 1.54) is 0 Å². The predicted molar refractivity (Wildman–Crippen MR) is 57.4 cm³/mol. The molecular weight excluding hydrogens is 265 g/mol. The van der Waals surface area contributed by atoms with E-state index in [4.69, 9.17) is 0 Å². The number of rotatable bonds is 1. The molecule has 1 aliphatic heterocycles. The normalized spacial score (nSPS) is 20.8. The maximum absolute atomic E-state index is 13.3. The Kier molecular flexibility index (Phi) is 2.84. The van der Waals surface area contributed by atoms with Crippen molar-refractivity contribution in [2.24, 2.45) is 0 Å². The molecule has 0 saturated carbocycles. The van der Waals surface area contributed by atoms with Gasteiger partial charge in [0.15, 0.2) is 11.5 Å². The highest BCUT2D eigenvalue weighted by atomic mass is 79.9. The maximum Gasteiger partial charge on any atom is 0.163 e. The molecule has 0 spiro atoms. The summed E-state index contributed by atoms with van der Waals surface area (Å²) in [6, 6.07) is 0.804. The molecule has 1 unspecified atom stereocenters. The highest BCUT2D eigenvalue weighted by Gasteiger charge is 2.25. The summed E-state index contributed by atoms with van der Waals surface area (Å²) in [5, 5.41) is 22.1. The van der Waals surface area contributed by atoms with Crippen LogP contribution in [0.4, 0.5) is 4.39 Å². The average Bonchev–Trinajstić information content (AvgIpc) is 2.69. The van der Waals surface area contributed by atoms with E-state index in [1.807, 2.05) is 0 Å². The Morgan fingerprint density at radius 1 is 1.47 bits per heavy atom. The molecule has 15 heavy (non-hydrogen) atoms. The van der Waals surface area contributed by atoms with Gasteiger partial charge < -0.3 is 15.5 Å². The molecule has 1 aromatic rings. The van der Waals surface area contributed by atoms with E-state index in [9.17, 15) is 14.6 Å². The third-order valence-corrected chi connectivity index (χ3v) is 3.42. The van der Waals surface area contributed by atoms with Crippen LogP contribution in [0.5, 0.6) is 11.5 Å². The van der Waals surface area contributed by atoms with Crippen LogP contribution in [0, 0.1) is 5.82 Å². The monoisotopic (exact) mass is 275 g/mol. The first-order chi connectivity index (χ1) is 7.11. The van der Waals surface area contributed by atoms with Crippen LogP contribution in [-0.4, -0.2) is 16.8 Å². The van der Waals surface area contributed by atoms with Gasteiger partial charge in [0.1, 0.15) is 5.82 Å². The van der Waals surface area contributed by atoms with E-state index in [0.717, 1.165) is 25.5 Å². The molecule has 0 aromatic heterocycles. The van der Waals surface area contributed by atoms with Gasteiger partial charge in [-0.2, -0.15) is 0 Å². The van der Waals surface area contributed by atoms with E-state index in [1.54, 1.807) is 0 Å². The van der Waals surface area contributed by atoms with Crippen LogP contribution < -0.4 is 5.32 Å². The number of phenolic OH excluding ortho intramolecular Hbond substituents is 2. The molecule has 1 fully saturated rings. The summed E-state index contributed by atoms with van der Waals surface area (Å²) in [4.78, 5) is 0. The Labute approximate surface area is 95.1 Å². The van der Waals surface area contributed by atoms with Crippen molar-refractivity contribution in [3.8, 4) is 11.5 Å². The maximum atomic E-state index is 13.3. The van der Waals surface area contributed by atoms with Gasteiger partial charge in [-0.1, -0.05) is 0 Å². The Bertz CT molecular complexity index is 365. The summed E-state index contributed by atoms with van der Waals surface area (Å²) in [6.07, 6.45) is 1.81. The van der Waals surface area contributed by atoms with Crippen LogP contribution >= 0.6 is 15.9 Å². The first-order valence-electron chi connectivity index (χ1n) is 4.74. The van der Waals surface area contributed by atoms with Crippen LogP contribution in [-0.2, 0) is 0 Å². The SMILES string of the molecule is Oc1cc(F)c(Br)c(C2CCCN2)c1O. The molecule has 1 saturated heterocycles. The molecule has 0 amide bonds.